The van der Waals surface area contributed by atoms with E-state index in [9.17, 15) is 0 Å². The maximum atomic E-state index is 5.08. The molecule has 0 fully saturated rings. The van der Waals surface area contributed by atoms with Crippen molar-refractivity contribution in [3.8, 4) is 0 Å². The summed E-state index contributed by atoms with van der Waals surface area (Å²) in [5.74, 6) is 0. The topological polar surface area (TPSA) is 42.5 Å². The van der Waals surface area contributed by atoms with E-state index >= 15 is 0 Å². The van der Waals surface area contributed by atoms with Gasteiger partial charge in [-0.05, 0) is 12.5 Å². The Hall–Kier alpha value is -0.840. The molecule has 0 radical (unpaired) electrons. The van der Waals surface area contributed by atoms with Crippen molar-refractivity contribution >= 4 is 0 Å². The van der Waals surface area contributed by atoms with E-state index in [0.717, 1.165) is 6.42 Å². The molecule has 2 aliphatic heterocycles. The lowest BCUT2D eigenvalue weighted by molar-refractivity contribution is -0.000892. The standard InChI is InChI=1S/C8H12N2O2/c1-3-7(9-11-5-1)8-4-2-6-12-10-8/h1-3,6-10H,4-5H2. The highest BCUT2D eigenvalue weighted by molar-refractivity contribution is 5.03. The third-order valence-electron chi connectivity index (χ3n) is 1.95. The molecule has 0 saturated heterocycles. The van der Waals surface area contributed by atoms with E-state index in [0.29, 0.717) is 6.61 Å². The fraction of sp³-hybridized carbons (Fsp3) is 0.500. The second-order valence-electron chi connectivity index (χ2n) is 2.83. The number of rotatable bonds is 1. The maximum absolute atomic E-state index is 5.08. The molecule has 2 rings (SSSR count). The van der Waals surface area contributed by atoms with Gasteiger partial charge in [0.15, 0.2) is 0 Å². The molecule has 4 nitrogen and oxygen atoms in total. The summed E-state index contributed by atoms with van der Waals surface area (Å²) in [6.07, 6.45) is 8.69. The minimum absolute atomic E-state index is 0.198. The van der Waals surface area contributed by atoms with Gasteiger partial charge in [0.05, 0.1) is 18.7 Å². The Bertz CT molecular complexity index is 203. The molecule has 2 heterocycles. The highest BCUT2D eigenvalue weighted by Crippen LogP contribution is 2.08. The van der Waals surface area contributed by atoms with E-state index in [1.165, 1.54) is 0 Å². The Morgan fingerprint density at radius 1 is 1.25 bits per heavy atom. The smallest absolute Gasteiger partial charge is 0.107 e. The molecule has 0 aromatic carbocycles. The third-order valence-corrected chi connectivity index (χ3v) is 1.95. The van der Waals surface area contributed by atoms with E-state index in [4.69, 9.17) is 9.68 Å². The van der Waals surface area contributed by atoms with Gasteiger partial charge in [0.2, 0.25) is 0 Å². The first kappa shape index (κ1) is 7.79. The van der Waals surface area contributed by atoms with Crippen molar-refractivity contribution in [2.24, 2.45) is 0 Å². The van der Waals surface area contributed by atoms with Crippen molar-refractivity contribution < 1.29 is 9.68 Å². The number of hydrogen-bond donors (Lipinski definition) is 2. The summed E-state index contributed by atoms with van der Waals surface area (Å²) in [7, 11) is 0. The van der Waals surface area contributed by atoms with Gasteiger partial charge in [0.1, 0.15) is 6.26 Å². The van der Waals surface area contributed by atoms with Crippen molar-refractivity contribution in [3.63, 3.8) is 0 Å². The lowest BCUT2D eigenvalue weighted by atomic mass is 10.1. The molecule has 0 amide bonds. The van der Waals surface area contributed by atoms with Crippen molar-refractivity contribution in [1.82, 2.24) is 11.0 Å². The Kier molecular flexibility index (Phi) is 2.41. The Balaban J connectivity index is 1.94. The minimum atomic E-state index is 0.198. The third kappa shape index (κ3) is 1.66. The molecule has 66 valence electrons. The summed E-state index contributed by atoms with van der Waals surface area (Å²) in [5.41, 5.74) is 5.83. The minimum Gasteiger partial charge on any atom is -0.417 e. The molecule has 4 heteroatoms. The lowest BCUT2D eigenvalue weighted by Crippen LogP contribution is -2.48. The summed E-state index contributed by atoms with van der Waals surface area (Å²) in [5, 5.41) is 0. The Morgan fingerprint density at radius 3 is 2.92 bits per heavy atom. The van der Waals surface area contributed by atoms with Crippen LogP contribution in [-0.2, 0) is 9.68 Å². The van der Waals surface area contributed by atoms with Gasteiger partial charge in [-0.2, -0.15) is 11.0 Å². The molecule has 0 spiro atoms. The summed E-state index contributed by atoms with van der Waals surface area (Å²) in [6, 6.07) is 0.454. The van der Waals surface area contributed by atoms with Crippen LogP contribution in [-0.4, -0.2) is 18.7 Å². The Labute approximate surface area is 71.1 Å². The van der Waals surface area contributed by atoms with Crippen LogP contribution in [0.1, 0.15) is 6.42 Å². The molecule has 0 aromatic heterocycles. The van der Waals surface area contributed by atoms with Gasteiger partial charge in [-0.1, -0.05) is 12.2 Å². The van der Waals surface area contributed by atoms with Gasteiger partial charge < -0.3 is 4.84 Å². The summed E-state index contributed by atoms with van der Waals surface area (Å²) in [4.78, 5) is 10.1. The average Bonchev–Trinajstić information content (AvgIpc) is 2.21. The first-order valence-electron chi connectivity index (χ1n) is 4.07. The zero-order valence-electron chi connectivity index (χ0n) is 6.69. The maximum Gasteiger partial charge on any atom is 0.107 e. The predicted octanol–water partition coefficient (Wildman–Crippen LogP) is 0.253. The molecule has 2 unspecified atom stereocenters. The fourth-order valence-corrected chi connectivity index (χ4v) is 1.30. The van der Waals surface area contributed by atoms with E-state index in [2.05, 4.69) is 17.0 Å². The van der Waals surface area contributed by atoms with Crippen LogP contribution in [0.15, 0.2) is 24.5 Å². The van der Waals surface area contributed by atoms with E-state index in [1.54, 1.807) is 6.26 Å². The quantitative estimate of drug-likeness (QED) is 0.551. The number of hydrogen-bond acceptors (Lipinski definition) is 4. The summed E-state index contributed by atoms with van der Waals surface area (Å²) < 4.78 is 0. The molecule has 0 saturated carbocycles. The molecule has 0 aromatic rings. The normalized spacial score (nSPS) is 34.7. The highest BCUT2D eigenvalue weighted by Gasteiger charge is 2.21. The van der Waals surface area contributed by atoms with Gasteiger partial charge in [0, 0.05) is 0 Å². The molecular weight excluding hydrogens is 156 g/mol. The first-order valence-corrected chi connectivity index (χ1v) is 4.07. The molecular formula is C8H12N2O2. The average molecular weight is 168 g/mol. The molecule has 2 aliphatic rings. The van der Waals surface area contributed by atoms with Crippen LogP contribution in [0.25, 0.3) is 0 Å². The molecule has 0 bridgehead atoms. The molecule has 0 aliphatic carbocycles. The fourth-order valence-electron chi connectivity index (χ4n) is 1.30. The van der Waals surface area contributed by atoms with E-state index < -0.39 is 0 Å². The van der Waals surface area contributed by atoms with Crippen molar-refractivity contribution in [1.29, 1.82) is 0 Å². The van der Waals surface area contributed by atoms with Crippen LogP contribution in [0.4, 0.5) is 0 Å². The second-order valence-corrected chi connectivity index (χ2v) is 2.83. The highest BCUT2D eigenvalue weighted by atomic mass is 16.7. The number of nitrogens with one attached hydrogen (secondary N) is 2. The van der Waals surface area contributed by atoms with Gasteiger partial charge in [-0.15, -0.1) is 0 Å². The first-order chi connectivity index (χ1) is 5.97. The monoisotopic (exact) mass is 168 g/mol. The zero-order valence-corrected chi connectivity index (χ0v) is 6.69. The molecule has 2 N–H and O–H groups in total. The van der Waals surface area contributed by atoms with Crippen molar-refractivity contribution in [3.05, 3.63) is 24.5 Å². The van der Waals surface area contributed by atoms with E-state index in [-0.39, 0.29) is 12.1 Å². The molecule has 2 atom stereocenters. The SMILES string of the molecule is C1=CC(C2CC=CON2)NOC1. The van der Waals surface area contributed by atoms with Crippen LogP contribution in [0.5, 0.6) is 0 Å². The second kappa shape index (κ2) is 3.71. The largest absolute Gasteiger partial charge is 0.417 e. The lowest BCUT2D eigenvalue weighted by Gasteiger charge is -2.28. The van der Waals surface area contributed by atoms with Gasteiger partial charge in [-0.3, -0.25) is 4.84 Å². The Morgan fingerprint density at radius 2 is 2.25 bits per heavy atom. The zero-order chi connectivity index (χ0) is 8.23. The van der Waals surface area contributed by atoms with Crippen molar-refractivity contribution in [2.45, 2.75) is 18.5 Å². The van der Waals surface area contributed by atoms with Crippen LogP contribution < -0.4 is 11.0 Å². The van der Waals surface area contributed by atoms with Gasteiger partial charge >= 0.3 is 0 Å². The molecule has 12 heavy (non-hydrogen) atoms. The van der Waals surface area contributed by atoms with Crippen LogP contribution in [0.2, 0.25) is 0 Å². The van der Waals surface area contributed by atoms with Crippen LogP contribution in [0, 0.1) is 0 Å². The van der Waals surface area contributed by atoms with Gasteiger partial charge in [-0.25, -0.2) is 0 Å². The summed E-state index contributed by atoms with van der Waals surface area (Å²) >= 11 is 0. The van der Waals surface area contributed by atoms with Crippen molar-refractivity contribution in [2.75, 3.05) is 6.61 Å². The predicted molar refractivity (Wildman–Crippen MR) is 43.8 cm³/mol. The van der Waals surface area contributed by atoms with E-state index in [1.807, 2.05) is 12.2 Å². The van der Waals surface area contributed by atoms with Crippen LogP contribution >= 0.6 is 0 Å². The number of hydroxylamine groups is 2. The summed E-state index contributed by atoms with van der Waals surface area (Å²) in [6.45, 7) is 0.639. The van der Waals surface area contributed by atoms with Crippen LogP contribution in [0.3, 0.4) is 0 Å². The van der Waals surface area contributed by atoms with Gasteiger partial charge in [0.25, 0.3) is 0 Å².